The Balaban J connectivity index is 1.53. The van der Waals surface area contributed by atoms with Crippen molar-refractivity contribution in [2.24, 2.45) is 0 Å². The molecule has 1 atom stereocenters. The highest BCUT2D eigenvalue weighted by molar-refractivity contribution is 5.80. The van der Waals surface area contributed by atoms with Crippen LogP contribution in [0, 0.1) is 6.92 Å². The summed E-state index contributed by atoms with van der Waals surface area (Å²) in [5, 5.41) is 7.75. The molecule has 1 N–H and O–H groups in total. The Labute approximate surface area is 137 Å². The predicted molar refractivity (Wildman–Crippen MR) is 91.3 cm³/mol. The molecule has 0 saturated carbocycles. The first-order valence-corrected chi connectivity index (χ1v) is 8.24. The third kappa shape index (κ3) is 3.73. The van der Waals surface area contributed by atoms with Gasteiger partial charge >= 0.3 is 0 Å². The zero-order valence-corrected chi connectivity index (χ0v) is 13.8. The molecule has 23 heavy (non-hydrogen) atoms. The average molecular weight is 312 g/mol. The number of benzene rings is 1. The Bertz CT molecular complexity index is 645. The number of anilines is 1. The average Bonchev–Trinajstić information content (AvgIpc) is 3.09. The molecule has 0 unspecified atom stereocenters. The Morgan fingerprint density at radius 1 is 1.30 bits per heavy atom. The SMILES string of the molecule is Cc1cccc(NC2CCN(C(=O)[C@@H](C)n3cccn3)CC2)c1. The molecule has 2 heterocycles. The third-order valence-corrected chi connectivity index (χ3v) is 4.47. The van der Waals surface area contributed by atoms with Gasteiger partial charge in [-0.1, -0.05) is 12.1 Å². The number of amides is 1. The lowest BCUT2D eigenvalue weighted by Gasteiger charge is -2.34. The fraction of sp³-hybridized carbons (Fsp3) is 0.444. The van der Waals surface area contributed by atoms with Crippen molar-refractivity contribution in [1.29, 1.82) is 0 Å². The van der Waals surface area contributed by atoms with Crippen LogP contribution in [0.25, 0.3) is 0 Å². The van der Waals surface area contributed by atoms with Gasteiger partial charge in [-0.2, -0.15) is 5.10 Å². The smallest absolute Gasteiger partial charge is 0.247 e. The fourth-order valence-corrected chi connectivity index (χ4v) is 3.10. The van der Waals surface area contributed by atoms with E-state index in [4.69, 9.17) is 0 Å². The molecule has 1 amide bonds. The lowest BCUT2D eigenvalue weighted by atomic mass is 10.0. The van der Waals surface area contributed by atoms with E-state index in [2.05, 4.69) is 41.6 Å². The van der Waals surface area contributed by atoms with Gasteiger partial charge in [0.25, 0.3) is 0 Å². The van der Waals surface area contributed by atoms with Gasteiger partial charge in [-0.05, 0) is 50.5 Å². The Kier molecular flexibility index (Phi) is 4.65. The maximum atomic E-state index is 12.6. The van der Waals surface area contributed by atoms with Crippen molar-refractivity contribution in [1.82, 2.24) is 14.7 Å². The number of piperidine rings is 1. The monoisotopic (exact) mass is 312 g/mol. The normalized spacial score (nSPS) is 17.0. The Morgan fingerprint density at radius 2 is 2.09 bits per heavy atom. The van der Waals surface area contributed by atoms with Crippen LogP contribution in [0.2, 0.25) is 0 Å². The van der Waals surface area contributed by atoms with E-state index in [0.717, 1.165) is 25.9 Å². The van der Waals surface area contributed by atoms with Crippen LogP contribution in [0.5, 0.6) is 0 Å². The second-order valence-corrected chi connectivity index (χ2v) is 6.28. The lowest BCUT2D eigenvalue weighted by molar-refractivity contribution is -0.135. The van der Waals surface area contributed by atoms with Gasteiger partial charge in [0.1, 0.15) is 6.04 Å². The summed E-state index contributed by atoms with van der Waals surface area (Å²) in [6.07, 6.45) is 5.51. The van der Waals surface area contributed by atoms with Gasteiger partial charge in [0.15, 0.2) is 0 Å². The largest absolute Gasteiger partial charge is 0.382 e. The molecule has 1 aliphatic heterocycles. The van der Waals surface area contributed by atoms with E-state index in [-0.39, 0.29) is 11.9 Å². The van der Waals surface area contributed by atoms with Crippen molar-refractivity contribution in [3.63, 3.8) is 0 Å². The van der Waals surface area contributed by atoms with Crippen molar-refractivity contribution >= 4 is 11.6 Å². The Hall–Kier alpha value is -2.30. The summed E-state index contributed by atoms with van der Waals surface area (Å²) in [5.74, 6) is 0.155. The van der Waals surface area contributed by atoms with Gasteiger partial charge in [-0.15, -0.1) is 0 Å². The van der Waals surface area contributed by atoms with Crippen LogP contribution >= 0.6 is 0 Å². The number of hydrogen-bond acceptors (Lipinski definition) is 3. The fourth-order valence-electron chi connectivity index (χ4n) is 3.10. The molecule has 1 aromatic heterocycles. The first-order chi connectivity index (χ1) is 11.1. The first kappa shape index (κ1) is 15.6. The highest BCUT2D eigenvalue weighted by atomic mass is 16.2. The van der Waals surface area contributed by atoms with Crippen molar-refractivity contribution < 1.29 is 4.79 Å². The van der Waals surface area contributed by atoms with Crippen LogP contribution in [-0.4, -0.2) is 39.7 Å². The summed E-state index contributed by atoms with van der Waals surface area (Å²) >= 11 is 0. The van der Waals surface area contributed by atoms with Crippen LogP contribution in [0.4, 0.5) is 5.69 Å². The zero-order valence-electron chi connectivity index (χ0n) is 13.8. The van der Waals surface area contributed by atoms with Gasteiger partial charge in [0, 0.05) is 37.2 Å². The Morgan fingerprint density at radius 3 is 2.74 bits per heavy atom. The molecule has 5 heteroatoms. The van der Waals surface area contributed by atoms with Crippen molar-refractivity contribution in [3.8, 4) is 0 Å². The number of likely N-dealkylation sites (tertiary alicyclic amines) is 1. The molecule has 3 rings (SSSR count). The molecule has 1 aromatic carbocycles. The number of hydrogen-bond donors (Lipinski definition) is 1. The van der Waals surface area contributed by atoms with Crippen molar-refractivity contribution in [2.45, 2.75) is 38.8 Å². The summed E-state index contributed by atoms with van der Waals surface area (Å²) < 4.78 is 1.72. The first-order valence-electron chi connectivity index (χ1n) is 8.24. The third-order valence-electron chi connectivity index (χ3n) is 4.47. The molecule has 5 nitrogen and oxygen atoms in total. The lowest BCUT2D eigenvalue weighted by Crippen LogP contribution is -2.44. The number of carbonyl (C=O) groups excluding carboxylic acids is 1. The predicted octanol–water partition coefficient (Wildman–Crippen LogP) is 2.86. The molecule has 0 radical (unpaired) electrons. The van der Waals surface area contributed by atoms with E-state index in [1.54, 1.807) is 10.9 Å². The van der Waals surface area contributed by atoms with E-state index < -0.39 is 0 Å². The summed E-state index contributed by atoms with van der Waals surface area (Å²) in [6.45, 7) is 5.61. The van der Waals surface area contributed by atoms with E-state index in [1.165, 1.54) is 11.3 Å². The second-order valence-electron chi connectivity index (χ2n) is 6.28. The maximum absolute atomic E-state index is 12.6. The van der Waals surface area contributed by atoms with Gasteiger partial charge in [0.05, 0.1) is 0 Å². The van der Waals surface area contributed by atoms with Crippen LogP contribution in [0.15, 0.2) is 42.7 Å². The molecule has 2 aromatic rings. The standard InChI is InChI=1S/C18H24N4O/c1-14-5-3-6-17(13-14)20-16-7-11-21(12-8-16)18(23)15(2)22-10-4-9-19-22/h3-6,9-10,13,15-16,20H,7-8,11-12H2,1-2H3/t15-/m1/s1. The molecule has 1 saturated heterocycles. The minimum absolute atomic E-state index is 0.155. The molecule has 1 aliphatic rings. The quantitative estimate of drug-likeness (QED) is 0.944. The van der Waals surface area contributed by atoms with E-state index >= 15 is 0 Å². The van der Waals surface area contributed by atoms with Crippen molar-refractivity contribution in [2.75, 3.05) is 18.4 Å². The van der Waals surface area contributed by atoms with Gasteiger partial charge in [-0.25, -0.2) is 0 Å². The van der Waals surface area contributed by atoms with E-state index in [1.807, 2.05) is 24.1 Å². The molecule has 122 valence electrons. The number of aromatic nitrogens is 2. The minimum atomic E-state index is -0.230. The summed E-state index contributed by atoms with van der Waals surface area (Å²) in [7, 11) is 0. The second kappa shape index (κ2) is 6.86. The van der Waals surface area contributed by atoms with E-state index in [0.29, 0.717) is 6.04 Å². The van der Waals surface area contributed by atoms with E-state index in [9.17, 15) is 4.79 Å². The molecule has 0 bridgehead atoms. The molecular weight excluding hydrogens is 288 g/mol. The number of aryl methyl sites for hydroxylation is 1. The number of rotatable bonds is 4. The van der Waals surface area contributed by atoms with Crippen LogP contribution in [0.1, 0.15) is 31.4 Å². The van der Waals surface area contributed by atoms with Gasteiger partial charge in [-0.3, -0.25) is 9.48 Å². The summed E-state index contributed by atoms with van der Waals surface area (Å²) in [6, 6.07) is 10.5. The summed E-state index contributed by atoms with van der Waals surface area (Å²) in [4.78, 5) is 14.5. The van der Waals surface area contributed by atoms with Gasteiger partial charge < -0.3 is 10.2 Å². The molecule has 0 spiro atoms. The number of nitrogens with zero attached hydrogens (tertiary/aromatic N) is 3. The van der Waals surface area contributed by atoms with Crippen LogP contribution < -0.4 is 5.32 Å². The van der Waals surface area contributed by atoms with Crippen LogP contribution in [0.3, 0.4) is 0 Å². The van der Waals surface area contributed by atoms with Gasteiger partial charge in [0.2, 0.25) is 5.91 Å². The van der Waals surface area contributed by atoms with Crippen molar-refractivity contribution in [3.05, 3.63) is 48.3 Å². The topological polar surface area (TPSA) is 50.2 Å². The number of nitrogens with one attached hydrogen (secondary N) is 1. The molecular formula is C18H24N4O. The minimum Gasteiger partial charge on any atom is -0.382 e. The summed E-state index contributed by atoms with van der Waals surface area (Å²) in [5.41, 5.74) is 2.43. The highest BCUT2D eigenvalue weighted by Gasteiger charge is 2.26. The van der Waals surface area contributed by atoms with Crippen LogP contribution in [-0.2, 0) is 4.79 Å². The zero-order chi connectivity index (χ0) is 16.2. The number of carbonyl (C=O) groups is 1. The maximum Gasteiger partial charge on any atom is 0.247 e. The molecule has 1 fully saturated rings. The molecule has 0 aliphatic carbocycles. The highest BCUT2D eigenvalue weighted by Crippen LogP contribution is 2.19.